The van der Waals surface area contributed by atoms with E-state index in [2.05, 4.69) is 16.9 Å². The predicted molar refractivity (Wildman–Crippen MR) is 111 cm³/mol. The number of thiophene rings is 1. The largest absolute Gasteiger partial charge is 0.454 e. The second-order valence-electron chi connectivity index (χ2n) is 7.38. The zero-order valence-corrected chi connectivity index (χ0v) is 17.3. The van der Waals surface area contributed by atoms with Crippen molar-refractivity contribution in [2.24, 2.45) is 5.92 Å². The number of carbonyl (C=O) groups excluding carboxylic acids is 1. The molecule has 7 heteroatoms. The van der Waals surface area contributed by atoms with Crippen LogP contribution in [0.4, 0.5) is 0 Å². The molecule has 0 saturated carbocycles. The third-order valence-electron chi connectivity index (χ3n) is 5.17. The first kappa shape index (κ1) is 19.2. The number of benzene rings is 1. The highest BCUT2D eigenvalue weighted by Crippen LogP contribution is 2.36. The van der Waals surface area contributed by atoms with E-state index < -0.39 is 12.1 Å². The normalized spacial score (nSPS) is 17.3. The third-order valence-corrected chi connectivity index (χ3v) is 6.69. The number of nitrogens with zero attached hydrogens (tertiary/aromatic N) is 1. The van der Waals surface area contributed by atoms with Gasteiger partial charge in [0.25, 0.3) is 5.56 Å². The first-order valence-electron chi connectivity index (χ1n) is 9.39. The molecule has 0 fully saturated rings. The lowest BCUT2D eigenvalue weighted by Crippen LogP contribution is -2.19. The lowest BCUT2D eigenvalue weighted by atomic mass is 9.89. The smallest absolute Gasteiger partial charge is 0.311 e. The van der Waals surface area contributed by atoms with Crippen molar-refractivity contribution in [1.82, 2.24) is 9.97 Å². The van der Waals surface area contributed by atoms with Crippen molar-refractivity contribution in [2.75, 3.05) is 0 Å². The van der Waals surface area contributed by atoms with Crippen molar-refractivity contribution in [3.63, 3.8) is 0 Å². The average Bonchev–Trinajstić information content (AvgIpc) is 3.01. The summed E-state index contributed by atoms with van der Waals surface area (Å²) in [7, 11) is 0. The summed E-state index contributed by atoms with van der Waals surface area (Å²) in [6.45, 7) is 3.95. The van der Waals surface area contributed by atoms with Crippen molar-refractivity contribution in [3.8, 4) is 0 Å². The topological polar surface area (TPSA) is 72.0 Å². The maximum absolute atomic E-state index is 12.7. The van der Waals surface area contributed by atoms with E-state index in [0.717, 1.165) is 29.7 Å². The molecule has 3 aromatic rings. The Bertz CT molecular complexity index is 1100. The highest BCUT2D eigenvalue weighted by atomic mass is 35.5. The first-order chi connectivity index (χ1) is 13.4. The number of esters is 1. The van der Waals surface area contributed by atoms with Crippen molar-refractivity contribution >= 4 is 39.1 Å². The van der Waals surface area contributed by atoms with Gasteiger partial charge in [-0.05, 0) is 49.3 Å². The molecular formula is C21H21ClN2O3S. The highest BCUT2D eigenvalue weighted by molar-refractivity contribution is 7.18. The summed E-state index contributed by atoms with van der Waals surface area (Å²) in [6, 6.07) is 7.16. The van der Waals surface area contributed by atoms with Gasteiger partial charge in [-0.1, -0.05) is 36.7 Å². The first-order valence-corrected chi connectivity index (χ1v) is 10.6. The molecular weight excluding hydrogens is 396 g/mol. The van der Waals surface area contributed by atoms with Crippen LogP contribution in [0.2, 0.25) is 5.02 Å². The van der Waals surface area contributed by atoms with E-state index in [1.807, 2.05) is 12.1 Å². The standard InChI is InChI=1S/C21H21ClN2O3S/c1-11-7-8-14-16(9-11)28-21-18(14)20(26)23-19(24-21)12(2)27-17(25)10-13-5-3-4-6-15(13)22/h3-6,11-12H,7-10H2,1-2H3,(H,23,24,26)/t11-,12+/m1/s1. The van der Waals surface area contributed by atoms with Crippen LogP contribution in [0, 0.1) is 5.92 Å². The number of aromatic nitrogens is 2. The minimum atomic E-state index is -0.648. The number of hydrogen-bond acceptors (Lipinski definition) is 5. The van der Waals surface area contributed by atoms with Crippen LogP contribution < -0.4 is 5.56 Å². The van der Waals surface area contributed by atoms with Gasteiger partial charge in [-0.15, -0.1) is 11.3 Å². The number of H-pyrrole nitrogens is 1. The average molecular weight is 417 g/mol. The van der Waals surface area contributed by atoms with E-state index in [1.54, 1.807) is 30.4 Å². The van der Waals surface area contributed by atoms with Crippen LogP contribution >= 0.6 is 22.9 Å². The number of halogens is 1. The Labute approximate surface area is 171 Å². The quantitative estimate of drug-likeness (QED) is 0.630. The molecule has 0 bridgehead atoms. The van der Waals surface area contributed by atoms with Gasteiger partial charge in [-0.3, -0.25) is 9.59 Å². The predicted octanol–water partition coefficient (Wildman–Crippen LogP) is 4.61. The summed E-state index contributed by atoms with van der Waals surface area (Å²) in [5.74, 6) is 0.586. The molecule has 1 aromatic carbocycles. The molecule has 146 valence electrons. The number of carbonyl (C=O) groups is 1. The molecule has 0 unspecified atom stereocenters. The highest BCUT2D eigenvalue weighted by Gasteiger charge is 2.24. The van der Waals surface area contributed by atoms with Gasteiger partial charge >= 0.3 is 5.97 Å². The van der Waals surface area contributed by atoms with Gasteiger partial charge in [-0.2, -0.15) is 0 Å². The molecule has 2 aromatic heterocycles. The summed E-state index contributed by atoms with van der Waals surface area (Å²) >= 11 is 7.69. The lowest BCUT2D eigenvalue weighted by molar-refractivity contribution is -0.148. The molecule has 0 saturated heterocycles. The summed E-state index contributed by atoms with van der Waals surface area (Å²) in [6.07, 6.45) is 2.43. The Kier molecular flexibility index (Phi) is 5.25. The number of fused-ring (bicyclic) bond motifs is 3. The van der Waals surface area contributed by atoms with Crippen molar-refractivity contribution in [1.29, 1.82) is 0 Å². The Balaban J connectivity index is 1.56. The Morgan fingerprint density at radius 1 is 1.43 bits per heavy atom. The van der Waals surface area contributed by atoms with Crippen molar-refractivity contribution < 1.29 is 9.53 Å². The van der Waals surface area contributed by atoms with E-state index in [-0.39, 0.29) is 12.0 Å². The van der Waals surface area contributed by atoms with Crippen molar-refractivity contribution in [2.45, 2.75) is 45.6 Å². The summed E-state index contributed by atoms with van der Waals surface area (Å²) in [5, 5.41) is 1.23. The summed E-state index contributed by atoms with van der Waals surface area (Å²) in [5.41, 5.74) is 1.70. The maximum atomic E-state index is 12.7. The van der Waals surface area contributed by atoms with Gasteiger partial charge in [0.15, 0.2) is 11.9 Å². The molecule has 0 spiro atoms. The summed E-state index contributed by atoms with van der Waals surface area (Å²) < 4.78 is 5.49. The van der Waals surface area contributed by atoms with E-state index in [0.29, 0.717) is 27.7 Å². The van der Waals surface area contributed by atoms with Gasteiger partial charge < -0.3 is 9.72 Å². The molecule has 1 aliphatic carbocycles. The summed E-state index contributed by atoms with van der Waals surface area (Å²) in [4.78, 5) is 34.4. The minimum absolute atomic E-state index is 0.0711. The number of aromatic amines is 1. The Morgan fingerprint density at radius 2 is 2.21 bits per heavy atom. The second kappa shape index (κ2) is 7.68. The molecule has 28 heavy (non-hydrogen) atoms. The van der Waals surface area contributed by atoms with Crippen LogP contribution in [0.1, 0.15) is 48.2 Å². The van der Waals surface area contributed by atoms with Gasteiger partial charge in [0.05, 0.1) is 11.8 Å². The van der Waals surface area contributed by atoms with Crippen LogP contribution in [0.25, 0.3) is 10.2 Å². The molecule has 5 nitrogen and oxygen atoms in total. The number of rotatable bonds is 4. The van der Waals surface area contributed by atoms with Crippen molar-refractivity contribution in [3.05, 3.63) is 61.5 Å². The van der Waals surface area contributed by atoms with Gasteiger partial charge in [-0.25, -0.2) is 4.98 Å². The maximum Gasteiger partial charge on any atom is 0.311 e. The molecule has 0 amide bonds. The van der Waals surface area contributed by atoms with Gasteiger partial charge in [0, 0.05) is 9.90 Å². The van der Waals surface area contributed by atoms with Crippen LogP contribution in [0.5, 0.6) is 0 Å². The minimum Gasteiger partial charge on any atom is -0.454 e. The van der Waals surface area contributed by atoms with E-state index in [1.165, 1.54) is 4.88 Å². The number of ether oxygens (including phenoxy) is 1. The number of hydrogen-bond donors (Lipinski definition) is 1. The molecule has 4 rings (SSSR count). The van der Waals surface area contributed by atoms with Gasteiger partial charge in [0.1, 0.15) is 4.83 Å². The monoisotopic (exact) mass is 416 g/mol. The second-order valence-corrected chi connectivity index (χ2v) is 8.87. The fraction of sp³-hybridized carbons (Fsp3) is 0.381. The molecule has 0 radical (unpaired) electrons. The molecule has 2 atom stereocenters. The Hall–Kier alpha value is -2.18. The molecule has 2 heterocycles. The number of aryl methyl sites for hydroxylation is 1. The van der Waals surface area contributed by atoms with E-state index >= 15 is 0 Å². The zero-order valence-electron chi connectivity index (χ0n) is 15.8. The molecule has 1 N–H and O–H groups in total. The fourth-order valence-electron chi connectivity index (χ4n) is 3.65. The van der Waals surface area contributed by atoms with Crippen LogP contribution in [0.3, 0.4) is 0 Å². The Morgan fingerprint density at radius 3 is 3.00 bits per heavy atom. The molecule has 1 aliphatic rings. The molecule has 0 aliphatic heterocycles. The number of nitrogens with one attached hydrogen (secondary N) is 1. The lowest BCUT2D eigenvalue weighted by Gasteiger charge is -2.17. The van der Waals surface area contributed by atoms with Gasteiger partial charge in [0.2, 0.25) is 0 Å². The third kappa shape index (κ3) is 3.71. The van der Waals surface area contributed by atoms with Crippen LogP contribution in [0.15, 0.2) is 29.1 Å². The van der Waals surface area contributed by atoms with E-state index in [9.17, 15) is 9.59 Å². The van der Waals surface area contributed by atoms with Crippen LogP contribution in [-0.2, 0) is 28.8 Å². The van der Waals surface area contributed by atoms with E-state index in [4.69, 9.17) is 16.3 Å². The van der Waals surface area contributed by atoms with Crippen LogP contribution in [-0.4, -0.2) is 15.9 Å². The fourth-order valence-corrected chi connectivity index (χ4v) is 5.24. The zero-order chi connectivity index (χ0) is 19.8. The SMILES string of the molecule is C[C@@H]1CCc2c(sc3nc([C@H](C)OC(=O)Cc4ccccc4Cl)[nH]c(=O)c23)C1.